The fourth-order valence-corrected chi connectivity index (χ4v) is 3.84. The molecule has 2 aliphatic rings. The van der Waals surface area contributed by atoms with Crippen molar-refractivity contribution in [2.75, 3.05) is 42.6 Å². The molecule has 1 aromatic heterocycles. The van der Waals surface area contributed by atoms with Crippen LogP contribution in [0.3, 0.4) is 0 Å². The molecule has 0 spiro atoms. The van der Waals surface area contributed by atoms with Crippen molar-refractivity contribution in [1.82, 2.24) is 10.5 Å². The van der Waals surface area contributed by atoms with Gasteiger partial charge in [-0.05, 0) is 42.1 Å². The quantitative estimate of drug-likeness (QED) is 0.718. The molecule has 2 saturated heterocycles. The first kappa shape index (κ1) is 21.0. The van der Waals surface area contributed by atoms with Crippen LogP contribution in [-0.2, 0) is 9.53 Å². The molecule has 31 heavy (non-hydrogen) atoms. The highest BCUT2D eigenvalue weighted by Crippen LogP contribution is 2.30. The molecule has 1 unspecified atom stereocenters. The number of hydrogen-bond donors (Lipinski definition) is 1. The smallest absolute Gasteiger partial charge is 0.414 e. The first-order chi connectivity index (χ1) is 15.0. The number of amides is 2. The van der Waals surface area contributed by atoms with Crippen LogP contribution < -0.4 is 19.9 Å². The molecule has 0 aliphatic carbocycles. The molecular formula is C21H25FN4O5. The number of carbonyl (C=O) groups excluding carboxylic acids is 2. The highest BCUT2D eigenvalue weighted by molar-refractivity contribution is 5.90. The van der Waals surface area contributed by atoms with Gasteiger partial charge in [0.25, 0.3) is 5.88 Å². The Morgan fingerprint density at radius 2 is 2.13 bits per heavy atom. The first-order valence-electron chi connectivity index (χ1n) is 10.3. The van der Waals surface area contributed by atoms with Crippen LogP contribution in [0.2, 0.25) is 0 Å². The van der Waals surface area contributed by atoms with E-state index in [1.807, 2.05) is 4.90 Å². The maximum Gasteiger partial charge on any atom is 0.414 e. The van der Waals surface area contributed by atoms with Gasteiger partial charge in [0, 0.05) is 26.1 Å². The minimum absolute atomic E-state index is 0.196. The van der Waals surface area contributed by atoms with E-state index in [9.17, 15) is 14.0 Å². The third-order valence-electron chi connectivity index (χ3n) is 5.53. The van der Waals surface area contributed by atoms with Crippen molar-refractivity contribution in [3.63, 3.8) is 0 Å². The molecule has 2 amide bonds. The van der Waals surface area contributed by atoms with Crippen molar-refractivity contribution in [3.05, 3.63) is 36.3 Å². The third-order valence-corrected chi connectivity index (χ3v) is 5.53. The highest BCUT2D eigenvalue weighted by atomic mass is 19.1. The average Bonchev–Trinajstić information content (AvgIpc) is 3.41. The van der Waals surface area contributed by atoms with Crippen LogP contribution in [0.1, 0.15) is 19.8 Å². The second-order valence-electron chi connectivity index (χ2n) is 7.77. The monoisotopic (exact) mass is 432 g/mol. The summed E-state index contributed by atoms with van der Waals surface area (Å²) in [5.41, 5.74) is 0.953. The number of nitrogens with zero attached hydrogens (tertiary/aromatic N) is 3. The van der Waals surface area contributed by atoms with Crippen molar-refractivity contribution in [2.24, 2.45) is 5.92 Å². The van der Waals surface area contributed by atoms with Gasteiger partial charge in [-0.15, -0.1) is 0 Å². The van der Waals surface area contributed by atoms with Crippen molar-refractivity contribution < 1.29 is 28.0 Å². The molecule has 1 N–H and O–H groups in total. The fourth-order valence-electron chi connectivity index (χ4n) is 3.84. The Kier molecular flexibility index (Phi) is 6.24. The van der Waals surface area contributed by atoms with Crippen LogP contribution in [0.15, 0.2) is 35.1 Å². The molecule has 10 heteroatoms. The van der Waals surface area contributed by atoms with Gasteiger partial charge >= 0.3 is 6.09 Å². The van der Waals surface area contributed by atoms with Crippen LogP contribution in [0, 0.1) is 11.7 Å². The van der Waals surface area contributed by atoms with Crippen molar-refractivity contribution in [1.29, 1.82) is 0 Å². The second-order valence-corrected chi connectivity index (χ2v) is 7.77. The second kappa shape index (κ2) is 9.23. The normalized spacial score (nSPS) is 19.4. The summed E-state index contributed by atoms with van der Waals surface area (Å²) >= 11 is 0. The fraction of sp³-hybridized carbons (Fsp3) is 0.476. The Bertz CT molecular complexity index is 914. The maximum atomic E-state index is 14.9. The van der Waals surface area contributed by atoms with Gasteiger partial charge in [0.2, 0.25) is 5.91 Å². The van der Waals surface area contributed by atoms with Crippen molar-refractivity contribution in [3.8, 4) is 5.88 Å². The average molecular weight is 432 g/mol. The first-order valence-corrected chi connectivity index (χ1v) is 10.3. The lowest BCUT2D eigenvalue weighted by Gasteiger charge is -2.33. The molecular weight excluding hydrogens is 407 g/mol. The topological polar surface area (TPSA) is 97.1 Å². The van der Waals surface area contributed by atoms with E-state index in [-0.39, 0.29) is 24.8 Å². The SMILES string of the molecule is CC(=O)NCC1CN(c2ccc(N3CCC(COc4ccon4)CC3)c(F)c2)C(=O)O1. The van der Waals surface area contributed by atoms with Crippen LogP contribution >= 0.6 is 0 Å². The molecule has 4 rings (SSSR count). The Labute approximate surface area is 179 Å². The summed E-state index contributed by atoms with van der Waals surface area (Å²) in [7, 11) is 0. The molecule has 9 nitrogen and oxygen atoms in total. The lowest BCUT2D eigenvalue weighted by atomic mass is 9.97. The van der Waals surface area contributed by atoms with Gasteiger partial charge < -0.3 is 24.2 Å². The maximum absolute atomic E-state index is 14.9. The molecule has 1 aromatic carbocycles. The van der Waals surface area contributed by atoms with Gasteiger partial charge in [-0.1, -0.05) is 0 Å². The standard InChI is InChI=1S/C21H25FN4O5/c1-14(27)23-11-17-12-26(21(28)31-17)16-2-3-19(18(22)10-16)25-7-4-15(5-8-25)13-29-20-6-9-30-24-20/h2-3,6,9-10,15,17H,4-5,7-8,11-13H2,1H3,(H,23,27). The van der Waals surface area contributed by atoms with Gasteiger partial charge in [0.15, 0.2) is 0 Å². The van der Waals surface area contributed by atoms with Crippen LogP contribution in [-0.4, -0.2) is 56.0 Å². The Morgan fingerprint density at radius 3 is 2.81 bits per heavy atom. The summed E-state index contributed by atoms with van der Waals surface area (Å²) in [5.74, 6) is 0.269. The van der Waals surface area contributed by atoms with E-state index < -0.39 is 12.2 Å². The molecule has 3 heterocycles. The molecule has 2 aromatic rings. The predicted molar refractivity (Wildman–Crippen MR) is 110 cm³/mol. The van der Waals surface area contributed by atoms with E-state index in [1.54, 1.807) is 18.2 Å². The van der Waals surface area contributed by atoms with Crippen molar-refractivity contribution >= 4 is 23.4 Å². The molecule has 0 radical (unpaired) electrons. The van der Waals surface area contributed by atoms with Crippen LogP contribution in [0.4, 0.5) is 20.6 Å². The van der Waals surface area contributed by atoms with E-state index in [4.69, 9.17) is 14.0 Å². The van der Waals surface area contributed by atoms with E-state index in [2.05, 4.69) is 10.5 Å². The number of benzene rings is 1. The molecule has 2 aliphatic heterocycles. The van der Waals surface area contributed by atoms with E-state index >= 15 is 0 Å². The lowest BCUT2D eigenvalue weighted by Crippen LogP contribution is -2.36. The van der Waals surface area contributed by atoms with E-state index in [1.165, 1.54) is 24.2 Å². The number of aromatic nitrogens is 1. The Morgan fingerprint density at radius 1 is 1.32 bits per heavy atom. The molecule has 0 saturated carbocycles. The third kappa shape index (κ3) is 5.07. The molecule has 166 valence electrons. The highest BCUT2D eigenvalue weighted by Gasteiger charge is 2.33. The minimum Gasteiger partial charge on any atom is -0.475 e. The summed E-state index contributed by atoms with van der Waals surface area (Å²) in [6.07, 6.45) is 2.22. The Hall–Kier alpha value is -3.30. The van der Waals surface area contributed by atoms with Crippen LogP contribution in [0.5, 0.6) is 5.88 Å². The number of cyclic esters (lactones) is 1. The van der Waals surface area contributed by atoms with E-state index in [0.29, 0.717) is 42.9 Å². The summed E-state index contributed by atoms with van der Waals surface area (Å²) in [6.45, 7) is 3.87. The summed E-state index contributed by atoms with van der Waals surface area (Å²) < 4.78 is 30.5. The number of rotatable bonds is 7. The zero-order valence-electron chi connectivity index (χ0n) is 17.3. The lowest BCUT2D eigenvalue weighted by molar-refractivity contribution is -0.119. The largest absolute Gasteiger partial charge is 0.475 e. The molecule has 1 atom stereocenters. The number of halogens is 1. The van der Waals surface area contributed by atoms with Gasteiger partial charge in [0.05, 0.1) is 31.1 Å². The molecule has 0 bridgehead atoms. The summed E-state index contributed by atoms with van der Waals surface area (Å²) in [4.78, 5) is 26.6. The van der Waals surface area contributed by atoms with Crippen molar-refractivity contribution in [2.45, 2.75) is 25.9 Å². The van der Waals surface area contributed by atoms with Gasteiger partial charge in [-0.25, -0.2) is 9.18 Å². The van der Waals surface area contributed by atoms with Gasteiger partial charge in [-0.3, -0.25) is 9.69 Å². The van der Waals surface area contributed by atoms with E-state index in [0.717, 1.165) is 12.8 Å². The summed E-state index contributed by atoms with van der Waals surface area (Å²) in [5, 5.41) is 6.35. The zero-order valence-corrected chi connectivity index (χ0v) is 17.3. The number of hydrogen-bond acceptors (Lipinski definition) is 7. The number of ether oxygens (including phenoxy) is 2. The minimum atomic E-state index is -0.546. The number of carbonyl (C=O) groups is 2. The predicted octanol–water partition coefficient (Wildman–Crippen LogP) is 2.57. The van der Waals surface area contributed by atoms with Crippen LogP contribution in [0.25, 0.3) is 0 Å². The number of anilines is 2. The van der Waals surface area contributed by atoms with Gasteiger partial charge in [-0.2, -0.15) is 0 Å². The summed E-state index contributed by atoms with van der Waals surface area (Å²) in [6, 6.07) is 6.45. The number of nitrogens with one attached hydrogen (secondary N) is 1. The van der Waals surface area contributed by atoms with Gasteiger partial charge in [0.1, 0.15) is 18.2 Å². The molecule has 2 fully saturated rings. The number of piperidine rings is 1. The zero-order chi connectivity index (χ0) is 21.8. The Balaban J connectivity index is 1.32.